The molecular weight excluding hydrogens is 329 g/mol. The summed E-state index contributed by atoms with van der Waals surface area (Å²) >= 11 is 12.1. The molecule has 23 heavy (non-hydrogen) atoms. The summed E-state index contributed by atoms with van der Waals surface area (Å²) in [5, 5.41) is 3.57. The van der Waals surface area contributed by atoms with Crippen LogP contribution in [-0.4, -0.2) is 5.91 Å². The van der Waals surface area contributed by atoms with Crippen LogP contribution in [0.1, 0.15) is 10.4 Å². The van der Waals surface area contributed by atoms with Crippen molar-refractivity contribution >= 4 is 34.8 Å². The van der Waals surface area contributed by atoms with E-state index in [1.807, 2.05) is 42.5 Å². The molecule has 4 heteroatoms. The molecule has 0 fully saturated rings. The van der Waals surface area contributed by atoms with Gasteiger partial charge in [-0.25, -0.2) is 0 Å². The minimum atomic E-state index is -0.250. The van der Waals surface area contributed by atoms with Crippen LogP contribution in [0.3, 0.4) is 0 Å². The number of carbonyl (C=O) groups is 1. The lowest BCUT2D eigenvalue weighted by atomic mass is 10.0. The first-order chi connectivity index (χ1) is 11.1. The number of benzene rings is 3. The maximum atomic E-state index is 12.3. The SMILES string of the molecule is O=C(Nc1c(Cl)cccc1Cl)c1ccc(-c2ccccc2)cc1. The fourth-order valence-electron chi connectivity index (χ4n) is 2.25. The van der Waals surface area contributed by atoms with Crippen LogP contribution in [0.5, 0.6) is 0 Å². The Balaban J connectivity index is 1.81. The molecule has 0 saturated heterocycles. The smallest absolute Gasteiger partial charge is 0.255 e. The standard InChI is InChI=1S/C19H13Cl2NO/c20-16-7-4-8-17(21)18(16)22-19(23)15-11-9-14(10-12-15)13-5-2-1-3-6-13/h1-12H,(H,22,23). The molecule has 0 aliphatic carbocycles. The van der Waals surface area contributed by atoms with Crippen LogP contribution in [0.2, 0.25) is 10.0 Å². The number of anilines is 1. The molecule has 0 spiro atoms. The topological polar surface area (TPSA) is 29.1 Å². The zero-order valence-electron chi connectivity index (χ0n) is 12.1. The van der Waals surface area contributed by atoms with Crippen molar-refractivity contribution < 1.29 is 4.79 Å². The molecule has 0 saturated carbocycles. The van der Waals surface area contributed by atoms with Crippen LogP contribution in [-0.2, 0) is 0 Å². The fourth-order valence-corrected chi connectivity index (χ4v) is 2.74. The molecule has 3 aromatic carbocycles. The van der Waals surface area contributed by atoms with Crippen molar-refractivity contribution in [2.24, 2.45) is 0 Å². The monoisotopic (exact) mass is 341 g/mol. The molecule has 0 heterocycles. The van der Waals surface area contributed by atoms with Crippen molar-refractivity contribution in [1.29, 1.82) is 0 Å². The van der Waals surface area contributed by atoms with Crippen LogP contribution >= 0.6 is 23.2 Å². The van der Waals surface area contributed by atoms with Crippen LogP contribution < -0.4 is 5.32 Å². The quantitative estimate of drug-likeness (QED) is 0.630. The Morgan fingerprint density at radius 1 is 0.696 bits per heavy atom. The number of amides is 1. The van der Waals surface area contributed by atoms with E-state index < -0.39 is 0 Å². The van der Waals surface area contributed by atoms with E-state index in [4.69, 9.17) is 23.2 Å². The van der Waals surface area contributed by atoms with Gasteiger partial charge in [0.05, 0.1) is 15.7 Å². The summed E-state index contributed by atoms with van der Waals surface area (Å²) in [6, 6.07) is 22.5. The fraction of sp³-hybridized carbons (Fsp3) is 0. The Morgan fingerprint density at radius 2 is 1.26 bits per heavy atom. The van der Waals surface area contributed by atoms with Gasteiger partial charge in [-0.1, -0.05) is 71.7 Å². The zero-order valence-corrected chi connectivity index (χ0v) is 13.6. The van der Waals surface area contributed by atoms with Crippen molar-refractivity contribution in [2.75, 3.05) is 5.32 Å². The van der Waals surface area contributed by atoms with E-state index in [9.17, 15) is 4.79 Å². The number of nitrogens with one attached hydrogen (secondary N) is 1. The average Bonchev–Trinajstić information content (AvgIpc) is 2.59. The first-order valence-corrected chi connectivity index (χ1v) is 7.81. The van der Waals surface area contributed by atoms with Crippen molar-refractivity contribution in [3.63, 3.8) is 0 Å². The van der Waals surface area contributed by atoms with E-state index in [1.165, 1.54) is 0 Å². The Labute approximate surface area is 144 Å². The molecule has 2 nitrogen and oxygen atoms in total. The number of hydrogen-bond donors (Lipinski definition) is 1. The van der Waals surface area contributed by atoms with E-state index >= 15 is 0 Å². The Hall–Kier alpha value is -2.29. The van der Waals surface area contributed by atoms with E-state index in [0.29, 0.717) is 21.3 Å². The summed E-state index contributed by atoms with van der Waals surface area (Å²) in [6.45, 7) is 0. The molecule has 0 aliphatic heterocycles. The van der Waals surface area contributed by atoms with Gasteiger partial charge in [-0.3, -0.25) is 4.79 Å². The van der Waals surface area contributed by atoms with Crippen LogP contribution in [0.25, 0.3) is 11.1 Å². The highest BCUT2D eigenvalue weighted by atomic mass is 35.5. The molecule has 3 aromatic rings. The first kappa shape index (κ1) is 15.6. The second-order valence-corrected chi connectivity index (χ2v) is 5.81. The largest absolute Gasteiger partial charge is 0.319 e. The normalized spacial score (nSPS) is 10.3. The third kappa shape index (κ3) is 3.55. The van der Waals surface area contributed by atoms with Crippen molar-refractivity contribution in [1.82, 2.24) is 0 Å². The van der Waals surface area contributed by atoms with Gasteiger partial charge < -0.3 is 5.32 Å². The first-order valence-electron chi connectivity index (χ1n) is 7.06. The van der Waals surface area contributed by atoms with Gasteiger partial charge in [0.15, 0.2) is 0 Å². The van der Waals surface area contributed by atoms with E-state index in [0.717, 1.165) is 11.1 Å². The van der Waals surface area contributed by atoms with Crippen molar-refractivity contribution in [3.8, 4) is 11.1 Å². The molecular formula is C19H13Cl2NO. The minimum Gasteiger partial charge on any atom is -0.319 e. The van der Waals surface area contributed by atoms with E-state index in [2.05, 4.69) is 5.32 Å². The highest BCUT2D eigenvalue weighted by Crippen LogP contribution is 2.30. The lowest BCUT2D eigenvalue weighted by Gasteiger charge is -2.09. The summed E-state index contributed by atoms with van der Waals surface area (Å²) in [5.74, 6) is -0.250. The highest BCUT2D eigenvalue weighted by molar-refractivity contribution is 6.40. The Morgan fingerprint density at radius 3 is 1.87 bits per heavy atom. The van der Waals surface area contributed by atoms with E-state index in [-0.39, 0.29) is 5.91 Å². The summed E-state index contributed by atoms with van der Waals surface area (Å²) < 4.78 is 0. The predicted molar refractivity (Wildman–Crippen MR) is 96.3 cm³/mol. The number of hydrogen-bond acceptors (Lipinski definition) is 1. The van der Waals surface area contributed by atoms with Crippen molar-refractivity contribution in [3.05, 3.63) is 88.4 Å². The predicted octanol–water partition coefficient (Wildman–Crippen LogP) is 5.91. The molecule has 1 N–H and O–H groups in total. The van der Waals surface area contributed by atoms with Crippen LogP contribution in [0, 0.1) is 0 Å². The van der Waals surface area contributed by atoms with Gasteiger partial charge >= 0.3 is 0 Å². The minimum absolute atomic E-state index is 0.250. The molecule has 0 radical (unpaired) electrons. The van der Waals surface area contributed by atoms with E-state index in [1.54, 1.807) is 30.3 Å². The second-order valence-electron chi connectivity index (χ2n) is 4.99. The maximum Gasteiger partial charge on any atom is 0.255 e. The molecule has 0 atom stereocenters. The summed E-state index contributed by atoms with van der Waals surface area (Å²) in [7, 11) is 0. The van der Waals surface area contributed by atoms with Gasteiger partial charge in [-0.2, -0.15) is 0 Å². The Bertz CT molecular complexity index is 809. The molecule has 114 valence electrons. The lowest BCUT2D eigenvalue weighted by Crippen LogP contribution is -2.12. The molecule has 0 bridgehead atoms. The molecule has 1 amide bonds. The third-order valence-corrected chi connectivity index (χ3v) is 4.09. The maximum absolute atomic E-state index is 12.3. The van der Waals surface area contributed by atoms with Gasteiger partial charge in [0.2, 0.25) is 0 Å². The summed E-state index contributed by atoms with van der Waals surface area (Å²) in [5.41, 5.74) is 3.13. The van der Waals surface area contributed by atoms with Gasteiger partial charge in [0, 0.05) is 5.56 Å². The van der Waals surface area contributed by atoms with Gasteiger partial charge in [0.25, 0.3) is 5.91 Å². The number of rotatable bonds is 3. The molecule has 0 unspecified atom stereocenters. The van der Waals surface area contributed by atoms with Crippen molar-refractivity contribution in [2.45, 2.75) is 0 Å². The number of para-hydroxylation sites is 1. The highest BCUT2D eigenvalue weighted by Gasteiger charge is 2.11. The van der Waals surface area contributed by atoms with Crippen LogP contribution in [0.15, 0.2) is 72.8 Å². The average molecular weight is 342 g/mol. The van der Waals surface area contributed by atoms with Crippen LogP contribution in [0.4, 0.5) is 5.69 Å². The Kier molecular flexibility index (Phi) is 4.65. The lowest BCUT2D eigenvalue weighted by molar-refractivity contribution is 0.102. The summed E-state index contributed by atoms with van der Waals surface area (Å²) in [6.07, 6.45) is 0. The molecule has 3 rings (SSSR count). The van der Waals surface area contributed by atoms with Gasteiger partial charge in [-0.05, 0) is 35.4 Å². The molecule has 0 aromatic heterocycles. The second kappa shape index (κ2) is 6.86. The number of carbonyl (C=O) groups excluding carboxylic acids is 1. The van der Waals surface area contributed by atoms with Gasteiger partial charge in [-0.15, -0.1) is 0 Å². The molecule has 0 aliphatic rings. The number of halogens is 2. The summed E-state index contributed by atoms with van der Waals surface area (Å²) in [4.78, 5) is 12.3. The third-order valence-electron chi connectivity index (χ3n) is 3.46. The van der Waals surface area contributed by atoms with Gasteiger partial charge in [0.1, 0.15) is 0 Å². The zero-order chi connectivity index (χ0) is 16.2.